The van der Waals surface area contributed by atoms with Crippen molar-refractivity contribution in [3.63, 3.8) is 0 Å². The molecule has 0 aromatic rings. The summed E-state index contributed by atoms with van der Waals surface area (Å²) in [6.07, 6.45) is 11.7. The molecule has 0 amide bonds. The average molecular weight is 221 g/mol. The molecule has 16 heavy (non-hydrogen) atoms. The van der Waals surface area contributed by atoms with Gasteiger partial charge in [0.25, 0.3) is 0 Å². The second-order valence-corrected chi connectivity index (χ2v) is 6.24. The molecule has 1 heteroatoms. The largest absolute Gasteiger partial charge is 0.311 e. The van der Waals surface area contributed by atoms with Crippen LogP contribution < -0.4 is 5.32 Å². The van der Waals surface area contributed by atoms with Crippen LogP contribution in [0.5, 0.6) is 0 Å². The van der Waals surface area contributed by atoms with Crippen LogP contribution in [0.1, 0.15) is 52.9 Å². The van der Waals surface area contributed by atoms with E-state index < -0.39 is 0 Å². The molecule has 0 aliphatic heterocycles. The number of nitrogens with one attached hydrogen (secondary N) is 1. The minimum Gasteiger partial charge on any atom is -0.311 e. The Morgan fingerprint density at radius 2 is 2.06 bits per heavy atom. The van der Waals surface area contributed by atoms with E-state index in [0.717, 1.165) is 23.8 Å². The zero-order valence-corrected chi connectivity index (χ0v) is 11.1. The van der Waals surface area contributed by atoms with Gasteiger partial charge < -0.3 is 5.32 Å². The molecule has 1 fully saturated rings. The number of hydrogen-bond acceptors (Lipinski definition) is 1. The van der Waals surface area contributed by atoms with E-state index in [1.165, 1.54) is 32.1 Å². The second kappa shape index (κ2) is 5.35. The highest BCUT2D eigenvalue weighted by atomic mass is 15.0. The summed E-state index contributed by atoms with van der Waals surface area (Å²) in [5.41, 5.74) is 0. The second-order valence-electron chi connectivity index (χ2n) is 6.24. The number of fused-ring (bicyclic) bond motifs is 1. The van der Waals surface area contributed by atoms with Crippen molar-refractivity contribution in [2.45, 2.75) is 65.0 Å². The fourth-order valence-electron chi connectivity index (χ4n) is 3.19. The summed E-state index contributed by atoms with van der Waals surface area (Å²) in [5, 5.41) is 3.81. The van der Waals surface area contributed by atoms with Gasteiger partial charge in [0.05, 0.1) is 0 Å². The van der Waals surface area contributed by atoms with Gasteiger partial charge in [0.1, 0.15) is 0 Å². The van der Waals surface area contributed by atoms with Crippen LogP contribution in [0.15, 0.2) is 12.2 Å². The Labute approximate surface area is 101 Å². The lowest BCUT2D eigenvalue weighted by Gasteiger charge is -2.42. The molecule has 1 nitrogen and oxygen atoms in total. The van der Waals surface area contributed by atoms with Crippen molar-refractivity contribution in [3.05, 3.63) is 12.2 Å². The summed E-state index contributed by atoms with van der Waals surface area (Å²) in [7, 11) is 0. The van der Waals surface area contributed by atoms with Crippen LogP contribution >= 0.6 is 0 Å². The Bertz CT molecular complexity index is 244. The maximum Gasteiger partial charge on any atom is 0.0138 e. The molecule has 0 saturated heterocycles. The minimum atomic E-state index is 0.707. The predicted molar refractivity (Wildman–Crippen MR) is 70.4 cm³/mol. The number of hydrogen-bond donors (Lipinski definition) is 1. The first kappa shape index (κ1) is 12.2. The van der Waals surface area contributed by atoms with Gasteiger partial charge in [0.2, 0.25) is 0 Å². The molecule has 4 atom stereocenters. The van der Waals surface area contributed by atoms with Gasteiger partial charge in [-0.15, -0.1) is 0 Å². The van der Waals surface area contributed by atoms with Crippen LogP contribution in [-0.2, 0) is 0 Å². The third-order valence-corrected chi connectivity index (χ3v) is 4.28. The van der Waals surface area contributed by atoms with Crippen molar-refractivity contribution in [2.75, 3.05) is 0 Å². The Morgan fingerprint density at radius 3 is 2.75 bits per heavy atom. The van der Waals surface area contributed by atoms with Gasteiger partial charge in [0, 0.05) is 12.1 Å². The lowest BCUT2D eigenvalue weighted by Crippen LogP contribution is -2.51. The topological polar surface area (TPSA) is 12.0 Å². The van der Waals surface area contributed by atoms with E-state index in [9.17, 15) is 0 Å². The van der Waals surface area contributed by atoms with Gasteiger partial charge in [-0.05, 0) is 43.9 Å². The molecule has 2 aliphatic carbocycles. The first-order chi connectivity index (χ1) is 7.66. The van der Waals surface area contributed by atoms with Crippen molar-refractivity contribution < 1.29 is 0 Å². The van der Waals surface area contributed by atoms with Gasteiger partial charge >= 0.3 is 0 Å². The lowest BCUT2D eigenvalue weighted by molar-refractivity contribution is 0.150. The van der Waals surface area contributed by atoms with E-state index in [0.29, 0.717) is 6.04 Å². The van der Waals surface area contributed by atoms with Crippen molar-refractivity contribution in [1.29, 1.82) is 0 Å². The van der Waals surface area contributed by atoms with Crippen LogP contribution in [-0.4, -0.2) is 12.1 Å². The van der Waals surface area contributed by atoms with Crippen LogP contribution in [0.25, 0.3) is 0 Å². The van der Waals surface area contributed by atoms with E-state index >= 15 is 0 Å². The lowest BCUT2D eigenvalue weighted by atomic mass is 9.71. The molecule has 0 bridgehead atoms. The summed E-state index contributed by atoms with van der Waals surface area (Å²) < 4.78 is 0. The van der Waals surface area contributed by atoms with E-state index in [-0.39, 0.29) is 0 Å². The summed E-state index contributed by atoms with van der Waals surface area (Å²) in [6.45, 7) is 6.99. The van der Waals surface area contributed by atoms with Gasteiger partial charge in [-0.25, -0.2) is 0 Å². The van der Waals surface area contributed by atoms with Crippen molar-refractivity contribution in [2.24, 2.45) is 17.8 Å². The molecule has 0 heterocycles. The van der Waals surface area contributed by atoms with Gasteiger partial charge in [-0.2, -0.15) is 0 Å². The van der Waals surface area contributed by atoms with Crippen molar-refractivity contribution >= 4 is 0 Å². The molecule has 1 N–H and O–H groups in total. The standard InChI is InChI=1S/C15H27N/c1-11(2)6-4-7-12(3)16-15-10-13-8-5-9-14(13)15/h5,9,11-16H,4,6-8,10H2,1-3H3. The smallest absolute Gasteiger partial charge is 0.0138 e. The molecule has 2 aliphatic rings. The van der Waals surface area contributed by atoms with Crippen LogP contribution in [0.4, 0.5) is 0 Å². The van der Waals surface area contributed by atoms with Crippen LogP contribution in [0, 0.1) is 17.8 Å². The van der Waals surface area contributed by atoms with Gasteiger partial charge in [-0.3, -0.25) is 0 Å². The first-order valence-electron chi connectivity index (χ1n) is 7.09. The van der Waals surface area contributed by atoms with Gasteiger partial charge in [0.15, 0.2) is 0 Å². The predicted octanol–water partition coefficient (Wildman–Crippen LogP) is 3.76. The Balaban J connectivity index is 1.60. The molecule has 0 aromatic carbocycles. The van der Waals surface area contributed by atoms with E-state index in [4.69, 9.17) is 0 Å². The van der Waals surface area contributed by atoms with E-state index in [1.807, 2.05) is 0 Å². The minimum absolute atomic E-state index is 0.707. The Kier molecular flexibility index (Phi) is 4.07. The summed E-state index contributed by atoms with van der Waals surface area (Å²) in [6, 6.07) is 1.50. The molecule has 92 valence electrons. The molecule has 0 spiro atoms. The van der Waals surface area contributed by atoms with Crippen LogP contribution in [0.2, 0.25) is 0 Å². The Morgan fingerprint density at radius 1 is 1.25 bits per heavy atom. The quantitative estimate of drug-likeness (QED) is 0.673. The highest BCUT2D eigenvalue weighted by Gasteiger charge is 2.40. The third kappa shape index (κ3) is 2.88. The molecule has 2 rings (SSSR count). The average Bonchev–Trinajstić information content (AvgIpc) is 2.56. The molecule has 0 aromatic heterocycles. The maximum atomic E-state index is 3.81. The molecule has 4 unspecified atom stereocenters. The zero-order valence-electron chi connectivity index (χ0n) is 11.1. The third-order valence-electron chi connectivity index (χ3n) is 4.28. The fraction of sp³-hybridized carbons (Fsp3) is 0.867. The first-order valence-corrected chi connectivity index (χ1v) is 7.09. The summed E-state index contributed by atoms with van der Waals surface area (Å²) >= 11 is 0. The molecule has 1 saturated carbocycles. The maximum absolute atomic E-state index is 3.81. The van der Waals surface area contributed by atoms with Crippen molar-refractivity contribution in [3.8, 4) is 0 Å². The molecular formula is C15H27N. The summed E-state index contributed by atoms with van der Waals surface area (Å²) in [5.74, 6) is 2.71. The molecule has 0 radical (unpaired) electrons. The highest BCUT2D eigenvalue weighted by Crippen LogP contribution is 2.42. The van der Waals surface area contributed by atoms with Gasteiger partial charge in [-0.1, -0.05) is 38.8 Å². The number of allylic oxidation sites excluding steroid dienone is 1. The monoisotopic (exact) mass is 221 g/mol. The van der Waals surface area contributed by atoms with Crippen molar-refractivity contribution in [1.82, 2.24) is 5.32 Å². The summed E-state index contributed by atoms with van der Waals surface area (Å²) in [4.78, 5) is 0. The van der Waals surface area contributed by atoms with Crippen LogP contribution in [0.3, 0.4) is 0 Å². The van der Waals surface area contributed by atoms with E-state index in [1.54, 1.807) is 0 Å². The SMILES string of the molecule is CC(C)CCCC(C)NC1CC2CC=CC21. The fourth-order valence-corrected chi connectivity index (χ4v) is 3.19. The highest BCUT2D eigenvalue weighted by molar-refractivity contribution is 5.13. The zero-order chi connectivity index (χ0) is 11.5. The van der Waals surface area contributed by atoms with E-state index in [2.05, 4.69) is 38.2 Å². The molecular weight excluding hydrogens is 194 g/mol. The Hall–Kier alpha value is -0.300. The normalized spacial score (nSPS) is 33.9. The number of rotatable bonds is 6.